The number of nitrogens with one attached hydrogen (secondary N) is 1. The van der Waals surface area contributed by atoms with Gasteiger partial charge in [-0.15, -0.1) is 0 Å². The highest BCUT2D eigenvalue weighted by molar-refractivity contribution is 5.94. The fourth-order valence-corrected chi connectivity index (χ4v) is 3.27. The average molecular weight is 414 g/mol. The molecule has 1 amide bonds. The van der Waals surface area contributed by atoms with Crippen molar-refractivity contribution >= 4 is 11.7 Å². The second-order valence-corrected chi connectivity index (χ2v) is 8.24. The molecule has 9 heteroatoms. The van der Waals surface area contributed by atoms with Gasteiger partial charge < -0.3 is 9.84 Å². The Morgan fingerprint density at radius 1 is 1.31 bits per heavy atom. The number of aromatic nitrogens is 3. The van der Waals surface area contributed by atoms with Gasteiger partial charge in [-0.25, -0.2) is 0 Å². The van der Waals surface area contributed by atoms with E-state index in [2.05, 4.69) is 15.6 Å². The number of hydrogen-bond acceptors (Lipinski definition) is 4. The number of hydrogen-bond donors (Lipinski definition) is 1. The minimum absolute atomic E-state index is 0.0393. The molecule has 1 atom stereocenters. The van der Waals surface area contributed by atoms with Crippen LogP contribution in [0.15, 0.2) is 10.6 Å². The van der Waals surface area contributed by atoms with E-state index in [4.69, 9.17) is 4.52 Å². The van der Waals surface area contributed by atoms with Gasteiger partial charge in [0.05, 0.1) is 22.9 Å². The first-order chi connectivity index (χ1) is 13.4. The summed E-state index contributed by atoms with van der Waals surface area (Å²) in [6, 6.07) is 1.63. The third kappa shape index (κ3) is 5.61. The van der Waals surface area contributed by atoms with Crippen LogP contribution in [-0.4, -0.2) is 27.0 Å². The van der Waals surface area contributed by atoms with Crippen LogP contribution in [0, 0.1) is 18.3 Å². The molecule has 1 unspecified atom stereocenters. The average Bonchev–Trinajstić information content (AvgIpc) is 3.16. The number of alkyl halides is 3. The van der Waals surface area contributed by atoms with Crippen LogP contribution >= 0.6 is 0 Å². The van der Waals surface area contributed by atoms with E-state index in [9.17, 15) is 18.0 Å². The van der Waals surface area contributed by atoms with Crippen molar-refractivity contribution in [3.63, 3.8) is 0 Å². The number of halogens is 3. The number of carbonyl (C=O) groups excluding carboxylic acids is 1. The quantitative estimate of drug-likeness (QED) is 0.733. The van der Waals surface area contributed by atoms with E-state index in [-0.39, 0.29) is 42.9 Å². The lowest BCUT2D eigenvalue weighted by Crippen LogP contribution is -2.31. The summed E-state index contributed by atoms with van der Waals surface area (Å²) < 4.78 is 46.5. The molecule has 3 heterocycles. The molecule has 0 fully saturated rings. The van der Waals surface area contributed by atoms with Gasteiger partial charge in [-0.2, -0.15) is 18.3 Å². The summed E-state index contributed by atoms with van der Waals surface area (Å²) in [6.45, 7) is 11.6. The molecule has 162 valence electrons. The van der Waals surface area contributed by atoms with Crippen molar-refractivity contribution in [2.45, 2.75) is 73.5 Å². The minimum Gasteiger partial charge on any atom is -0.356 e. The molecule has 2 aromatic heterocycles. The maximum atomic E-state index is 13.2. The molecule has 2 aromatic rings. The summed E-state index contributed by atoms with van der Waals surface area (Å²) in [5.41, 5.74) is 1.16. The van der Waals surface area contributed by atoms with Crippen molar-refractivity contribution in [1.29, 1.82) is 0 Å². The number of carbonyl (C=O) groups is 1. The number of anilines is 1. The Bertz CT molecular complexity index is 847. The van der Waals surface area contributed by atoms with Gasteiger partial charge in [-0.3, -0.25) is 9.48 Å². The van der Waals surface area contributed by atoms with Gasteiger partial charge in [0.15, 0.2) is 11.6 Å². The highest BCUT2D eigenvalue weighted by Gasteiger charge is 2.43. The summed E-state index contributed by atoms with van der Waals surface area (Å²) in [4.78, 5) is 12.4. The Balaban J connectivity index is 0.00000145. The third-order valence-corrected chi connectivity index (χ3v) is 4.47. The van der Waals surface area contributed by atoms with E-state index < -0.39 is 12.1 Å². The molecule has 1 aliphatic rings. The normalized spacial score (nSPS) is 16.7. The molecule has 0 saturated heterocycles. The number of fused-ring (bicyclic) bond motifs is 1. The maximum absolute atomic E-state index is 13.2. The lowest BCUT2D eigenvalue weighted by atomic mass is 9.91. The first-order valence-electron chi connectivity index (χ1n) is 9.84. The van der Waals surface area contributed by atoms with Gasteiger partial charge >= 0.3 is 6.18 Å². The molecule has 3 rings (SSSR count). The van der Waals surface area contributed by atoms with Crippen molar-refractivity contribution in [3.8, 4) is 11.3 Å². The van der Waals surface area contributed by atoms with E-state index in [0.29, 0.717) is 22.7 Å². The molecule has 0 saturated carbocycles. The third-order valence-electron chi connectivity index (χ3n) is 4.47. The Morgan fingerprint density at radius 2 is 1.97 bits per heavy atom. The first kappa shape index (κ1) is 23.0. The summed E-state index contributed by atoms with van der Waals surface area (Å²) in [5.74, 6) is -1.16. The zero-order valence-electron chi connectivity index (χ0n) is 17.8. The van der Waals surface area contributed by atoms with E-state index >= 15 is 0 Å². The predicted octanol–water partition coefficient (Wildman–Crippen LogP) is 5.37. The molecular formula is C20H29F3N4O2. The van der Waals surface area contributed by atoms with Gasteiger partial charge in [-0.1, -0.05) is 39.8 Å². The monoisotopic (exact) mass is 414 g/mol. The maximum Gasteiger partial charge on any atom is 0.392 e. The molecule has 29 heavy (non-hydrogen) atoms. The van der Waals surface area contributed by atoms with E-state index in [1.165, 1.54) is 4.68 Å². The van der Waals surface area contributed by atoms with Crippen LogP contribution in [0.4, 0.5) is 19.0 Å². The van der Waals surface area contributed by atoms with E-state index in [0.717, 1.165) is 0 Å². The van der Waals surface area contributed by atoms with Gasteiger partial charge in [0.25, 0.3) is 0 Å². The Labute approximate surface area is 168 Å². The minimum atomic E-state index is -4.28. The van der Waals surface area contributed by atoms with Gasteiger partial charge in [0.1, 0.15) is 0 Å². The second-order valence-electron chi connectivity index (χ2n) is 8.24. The Hall–Kier alpha value is -2.32. The molecule has 6 nitrogen and oxygen atoms in total. The van der Waals surface area contributed by atoms with Gasteiger partial charge in [-0.05, 0) is 18.8 Å². The zero-order chi connectivity index (χ0) is 22.0. The van der Waals surface area contributed by atoms with Crippen molar-refractivity contribution in [2.75, 3.05) is 5.32 Å². The lowest BCUT2D eigenvalue weighted by Gasteiger charge is -2.25. The summed E-state index contributed by atoms with van der Waals surface area (Å²) >= 11 is 0. The molecular weight excluding hydrogens is 385 g/mol. The smallest absolute Gasteiger partial charge is 0.356 e. The molecule has 1 aliphatic heterocycles. The van der Waals surface area contributed by atoms with Crippen LogP contribution in [0.1, 0.15) is 58.8 Å². The fourth-order valence-electron chi connectivity index (χ4n) is 3.27. The molecule has 0 aromatic carbocycles. The van der Waals surface area contributed by atoms with Crippen LogP contribution < -0.4 is 5.32 Å². The largest absolute Gasteiger partial charge is 0.392 e. The second kappa shape index (κ2) is 8.59. The predicted molar refractivity (Wildman–Crippen MR) is 104 cm³/mol. The van der Waals surface area contributed by atoms with Crippen LogP contribution in [0.5, 0.6) is 0 Å². The number of amides is 1. The van der Waals surface area contributed by atoms with Crippen molar-refractivity contribution < 1.29 is 22.5 Å². The van der Waals surface area contributed by atoms with Crippen LogP contribution in [0.2, 0.25) is 0 Å². The summed E-state index contributed by atoms with van der Waals surface area (Å²) in [7, 11) is 0. The summed E-state index contributed by atoms with van der Waals surface area (Å²) in [5, 5.41) is 10.9. The molecule has 0 spiro atoms. The molecule has 0 bridgehead atoms. The van der Waals surface area contributed by atoms with Crippen LogP contribution in [0.25, 0.3) is 11.3 Å². The van der Waals surface area contributed by atoms with Crippen molar-refractivity contribution in [1.82, 2.24) is 14.9 Å². The summed E-state index contributed by atoms with van der Waals surface area (Å²) in [6.07, 6.45) is -4.27. The van der Waals surface area contributed by atoms with E-state index in [1.54, 1.807) is 13.0 Å². The van der Waals surface area contributed by atoms with Crippen molar-refractivity contribution in [2.24, 2.45) is 11.3 Å². The van der Waals surface area contributed by atoms with Gasteiger partial charge in [0, 0.05) is 25.5 Å². The number of rotatable bonds is 3. The number of aryl methyl sites for hydroxylation is 2. The van der Waals surface area contributed by atoms with Crippen molar-refractivity contribution in [3.05, 3.63) is 17.5 Å². The lowest BCUT2D eigenvalue weighted by molar-refractivity contribution is -0.179. The molecule has 0 radical (unpaired) electrons. The topological polar surface area (TPSA) is 73.0 Å². The van der Waals surface area contributed by atoms with E-state index in [1.807, 2.05) is 34.6 Å². The molecule has 0 aliphatic carbocycles. The SMILES string of the molecule is CC.Cc1cc(-c2c(NC(=O)CC(C)(C)C)nn3c2CC(C(F)(F)F)CC3)on1. The highest BCUT2D eigenvalue weighted by Crippen LogP contribution is 2.41. The van der Waals surface area contributed by atoms with Gasteiger partial charge in [0.2, 0.25) is 5.91 Å². The number of nitrogens with zero attached hydrogens (tertiary/aromatic N) is 3. The Kier molecular flexibility index (Phi) is 6.80. The fraction of sp³-hybridized carbons (Fsp3) is 0.650. The standard InChI is InChI=1S/C18H23F3N4O2.C2H6/c1-10-7-13(27-24-10)15-12-8-11(18(19,20)21)5-6-25(12)23-16(15)22-14(26)9-17(2,3)4;1-2/h7,11H,5-6,8-9H2,1-4H3,(H,22,23,26);1-2H3. The zero-order valence-corrected chi connectivity index (χ0v) is 17.8. The van der Waals surface area contributed by atoms with Crippen LogP contribution in [0.3, 0.4) is 0 Å². The first-order valence-corrected chi connectivity index (χ1v) is 9.84. The van der Waals surface area contributed by atoms with Crippen LogP contribution in [-0.2, 0) is 17.8 Å². The highest BCUT2D eigenvalue weighted by atomic mass is 19.4. The molecule has 1 N–H and O–H groups in total. The Morgan fingerprint density at radius 3 is 2.48 bits per heavy atom.